The maximum Gasteiger partial charge on any atom is 0.340 e. The van der Waals surface area contributed by atoms with Crippen molar-refractivity contribution in [2.75, 3.05) is 19.5 Å². The lowest BCUT2D eigenvalue weighted by Gasteiger charge is -2.14. The van der Waals surface area contributed by atoms with Crippen LogP contribution in [0.3, 0.4) is 0 Å². The highest BCUT2D eigenvalue weighted by Gasteiger charge is 2.39. The number of hydrogen-bond donors (Lipinski definition) is 2. The summed E-state index contributed by atoms with van der Waals surface area (Å²) >= 11 is 0. The number of methoxy groups -OCH3 is 2. The largest absolute Gasteiger partial charge is 0.497 e. The van der Waals surface area contributed by atoms with Crippen molar-refractivity contribution < 1.29 is 27.8 Å². The second kappa shape index (κ2) is 7.29. The topological polar surface area (TPSA) is 80.4 Å². The summed E-state index contributed by atoms with van der Waals surface area (Å²) in [5, 5.41) is 2.69. The zero-order chi connectivity index (χ0) is 21.6. The van der Waals surface area contributed by atoms with Crippen LogP contribution in [0, 0.1) is 18.6 Å². The number of hydrogen-bond acceptors (Lipinski definition) is 4. The number of ether oxygens (including phenoxy) is 2. The summed E-state index contributed by atoms with van der Waals surface area (Å²) in [6.07, 6.45) is 0. The Morgan fingerprint density at radius 3 is 2.53 bits per heavy atom. The molecule has 30 heavy (non-hydrogen) atoms. The minimum atomic E-state index is -1.02. The summed E-state index contributed by atoms with van der Waals surface area (Å²) in [6, 6.07) is 8.18. The summed E-state index contributed by atoms with van der Waals surface area (Å²) in [4.78, 5) is 28.4. The van der Waals surface area contributed by atoms with Crippen LogP contribution in [0.5, 0.6) is 5.75 Å². The first-order chi connectivity index (χ1) is 14.3. The van der Waals surface area contributed by atoms with Crippen LogP contribution in [-0.2, 0) is 9.53 Å². The van der Waals surface area contributed by atoms with E-state index in [1.165, 1.54) is 44.6 Å². The van der Waals surface area contributed by atoms with Gasteiger partial charge in [0.1, 0.15) is 17.4 Å². The quantitative estimate of drug-likeness (QED) is 0.631. The van der Waals surface area contributed by atoms with Crippen LogP contribution in [0.4, 0.5) is 14.5 Å². The van der Waals surface area contributed by atoms with Crippen LogP contribution in [0.15, 0.2) is 36.4 Å². The van der Waals surface area contributed by atoms with Gasteiger partial charge in [-0.1, -0.05) is 0 Å². The highest BCUT2D eigenvalue weighted by atomic mass is 19.1. The number of benzene rings is 2. The van der Waals surface area contributed by atoms with Gasteiger partial charge in [0, 0.05) is 28.6 Å². The Labute approximate surface area is 170 Å². The van der Waals surface area contributed by atoms with Crippen molar-refractivity contribution in [1.29, 1.82) is 0 Å². The molecule has 0 fully saturated rings. The number of carbonyl (C=O) groups excluding carboxylic acids is 2. The lowest BCUT2D eigenvalue weighted by atomic mass is 9.87. The molecule has 8 heteroatoms. The Morgan fingerprint density at radius 2 is 1.87 bits per heavy atom. The molecule has 2 heterocycles. The van der Waals surface area contributed by atoms with Crippen LogP contribution in [0.2, 0.25) is 0 Å². The molecule has 0 spiro atoms. The van der Waals surface area contributed by atoms with Crippen molar-refractivity contribution in [3.63, 3.8) is 0 Å². The summed E-state index contributed by atoms with van der Waals surface area (Å²) in [6.45, 7) is 1.63. The van der Waals surface area contributed by atoms with Gasteiger partial charge in [-0.05, 0) is 42.8 Å². The predicted octanol–water partition coefficient (Wildman–Crippen LogP) is 4.15. The number of nitrogens with one attached hydrogen (secondary N) is 2. The van der Waals surface area contributed by atoms with E-state index in [1.807, 2.05) is 0 Å². The van der Waals surface area contributed by atoms with Gasteiger partial charge in [-0.15, -0.1) is 0 Å². The van der Waals surface area contributed by atoms with Crippen molar-refractivity contribution in [3.8, 4) is 17.0 Å². The lowest BCUT2D eigenvalue weighted by molar-refractivity contribution is -0.116. The molecular formula is C22H18F2N2O4. The molecule has 2 aromatic carbocycles. The van der Waals surface area contributed by atoms with E-state index in [4.69, 9.17) is 9.47 Å². The summed E-state index contributed by atoms with van der Waals surface area (Å²) < 4.78 is 38.8. The Morgan fingerprint density at radius 1 is 1.10 bits per heavy atom. The van der Waals surface area contributed by atoms with Gasteiger partial charge < -0.3 is 19.8 Å². The third kappa shape index (κ3) is 3.01. The average Bonchev–Trinajstić information content (AvgIpc) is 3.22. The molecule has 0 saturated carbocycles. The second-order valence-corrected chi connectivity index (χ2v) is 6.90. The molecule has 1 aliphatic heterocycles. The van der Waals surface area contributed by atoms with E-state index in [2.05, 4.69) is 10.3 Å². The number of halogens is 2. The van der Waals surface area contributed by atoms with Crippen LogP contribution in [-0.4, -0.2) is 31.1 Å². The number of fused-ring (bicyclic) bond motifs is 1. The maximum absolute atomic E-state index is 14.9. The number of aromatic amines is 1. The number of esters is 1. The van der Waals surface area contributed by atoms with E-state index in [9.17, 15) is 18.4 Å². The Bertz CT molecular complexity index is 1190. The molecular weight excluding hydrogens is 394 g/mol. The van der Waals surface area contributed by atoms with Crippen LogP contribution < -0.4 is 10.1 Å². The van der Waals surface area contributed by atoms with Gasteiger partial charge in [0.15, 0.2) is 0 Å². The van der Waals surface area contributed by atoms with Gasteiger partial charge in [0.05, 0.1) is 31.4 Å². The standard InChI is InChI=1S/C22H18F2N2O4/c1-10-17(22(28)30-3)19(18-14-8-11(23)4-7-16(14)26-21(18)27)20(25-10)13-6-5-12(29-2)9-15(13)24/h4-9,18,25H,1-3H3,(H,26,27)/t18-/m1/s1. The third-order valence-corrected chi connectivity index (χ3v) is 5.19. The van der Waals surface area contributed by atoms with E-state index in [-0.39, 0.29) is 22.4 Å². The third-order valence-electron chi connectivity index (χ3n) is 5.19. The molecule has 0 radical (unpaired) electrons. The summed E-state index contributed by atoms with van der Waals surface area (Å²) in [7, 11) is 2.64. The van der Waals surface area contributed by atoms with Gasteiger partial charge in [0.25, 0.3) is 0 Å². The molecule has 1 amide bonds. The van der Waals surface area contributed by atoms with Gasteiger partial charge in [-0.3, -0.25) is 4.79 Å². The smallest absolute Gasteiger partial charge is 0.340 e. The van der Waals surface area contributed by atoms with Crippen molar-refractivity contribution in [2.45, 2.75) is 12.8 Å². The molecule has 1 atom stereocenters. The first-order valence-electron chi connectivity index (χ1n) is 9.10. The van der Waals surface area contributed by atoms with Gasteiger partial charge in [0.2, 0.25) is 5.91 Å². The lowest BCUT2D eigenvalue weighted by Crippen LogP contribution is -2.17. The van der Waals surface area contributed by atoms with E-state index in [1.54, 1.807) is 13.0 Å². The number of amides is 1. The van der Waals surface area contributed by atoms with Crippen LogP contribution in [0.1, 0.15) is 33.1 Å². The van der Waals surface area contributed by atoms with Crippen molar-refractivity contribution >= 4 is 17.6 Å². The fourth-order valence-corrected chi connectivity index (χ4v) is 3.86. The number of H-pyrrole nitrogens is 1. The summed E-state index contributed by atoms with van der Waals surface area (Å²) in [5.74, 6) is -2.97. The highest BCUT2D eigenvalue weighted by Crippen LogP contribution is 2.44. The number of rotatable bonds is 4. The fourth-order valence-electron chi connectivity index (χ4n) is 3.86. The highest BCUT2D eigenvalue weighted by molar-refractivity contribution is 6.08. The molecule has 4 rings (SSSR count). The molecule has 1 aliphatic rings. The molecule has 154 valence electrons. The van der Waals surface area contributed by atoms with Crippen molar-refractivity contribution in [2.24, 2.45) is 0 Å². The molecule has 0 saturated heterocycles. The minimum absolute atomic E-state index is 0.111. The number of aromatic nitrogens is 1. The van der Waals surface area contributed by atoms with E-state index >= 15 is 0 Å². The predicted molar refractivity (Wildman–Crippen MR) is 106 cm³/mol. The molecule has 3 aromatic rings. The molecule has 0 unspecified atom stereocenters. The molecule has 6 nitrogen and oxygen atoms in total. The fraction of sp³-hybridized carbons (Fsp3) is 0.182. The second-order valence-electron chi connectivity index (χ2n) is 6.90. The monoisotopic (exact) mass is 412 g/mol. The van der Waals surface area contributed by atoms with Crippen LogP contribution >= 0.6 is 0 Å². The molecule has 1 aromatic heterocycles. The van der Waals surface area contributed by atoms with Crippen molar-refractivity contribution in [1.82, 2.24) is 4.98 Å². The van der Waals surface area contributed by atoms with Gasteiger partial charge >= 0.3 is 5.97 Å². The Hall–Kier alpha value is -3.68. The zero-order valence-electron chi connectivity index (χ0n) is 16.4. The first-order valence-corrected chi connectivity index (χ1v) is 9.10. The summed E-state index contributed by atoms with van der Waals surface area (Å²) in [5.41, 5.74) is 1.92. The van der Waals surface area contributed by atoms with Gasteiger partial charge in [-0.25, -0.2) is 13.6 Å². The number of carbonyl (C=O) groups is 2. The molecule has 0 bridgehead atoms. The number of anilines is 1. The Balaban J connectivity index is 2.01. The molecule has 0 aliphatic carbocycles. The Kier molecular flexibility index (Phi) is 4.77. The normalized spacial score (nSPS) is 15.0. The van der Waals surface area contributed by atoms with E-state index in [0.29, 0.717) is 22.7 Å². The SMILES string of the molecule is COC(=O)c1c(C)[nH]c(-c2ccc(OC)cc2F)c1[C@@H]1C(=O)Nc2ccc(F)cc21. The van der Waals surface area contributed by atoms with E-state index in [0.717, 1.165) is 0 Å². The number of aryl methyl sites for hydroxylation is 1. The van der Waals surface area contributed by atoms with Crippen LogP contribution in [0.25, 0.3) is 11.3 Å². The first kappa shape index (κ1) is 19.6. The minimum Gasteiger partial charge on any atom is -0.497 e. The van der Waals surface area contributed by atoms with E-state index < -0.39 is 29.4 Å². The zero-order valence-corrected chi connectivity index (χ0v) is 16.4. The average molecular weight is 412 g/mol. The molecule has 2 N–H and O–H groups in total. The maximum atomic E-state index is 14.9. The van der Waals surface area contributed by atoms with Gasteiger partial charge in [-0.2, -0.15) is 0 Å². The van der Waals surface area contributed by atoms with Crippen molar-refractivity contribution in [3.05, 3.63) is 70.4 Å².